The highest BCUT2D eigenvalue weighted by atomic mass is 35.5. The first-order chi connectivity index (χ1) is 13.6. The van der Waals surface area contributed by atoms with Crippen molar-refractivity contribution in [2.24, 2.45) is 0 Å². The number of aryl methyl sites for hydroxylation is 1. The fourth-order valence-corrected chi connectivity index (χ4v) is 3.96. The molecule has 0 unspecified atom stereocenters. The van der Waals surface area contributed by atoms with E-state index in [2.05, 4.69) is 24.8 Å². The fraction of sp³-hybridized carbons (Fsp3) is 0.474. The highest BCUT2D eigenvalue weighted by molar-refractivity contribution is 6.30. The molecule has 0 spiro atoms. The topological polar surface area (TPSA) is 74.7 Å². The number of nitrogens with zero attached hydrogens (tertiary/aromatic N) is 6. The summed E-state index contributed by atoms with van der Waals surface area (Å²) in [6.45, 7) is 6.21. The van der Waals surface area contributed by atoms with Crippen LogP contribution in [0.25, 0.3) is 0 Å². The van der Waals surface area contributed by atoms with Crippen molar-refractivity contribution in [1.82, 2.24) is 19.9 Å². The van der Waals surface area contributed by atoms with Crippen molar-refractivity contribution in [3.8, 4) is 0 Å². The van der Waals surface area contributed by atoms with Gasteiger partial charge in [0.15, 0.2) is 0 Å². The molecule has 0 atom stereocenters. The number of fused-ring (bicyclic) bond motifs is 1. The van der Waals surface area contributed by atoms with Crippen molar-refractivity contribution in [3.05, 3.63) is 40.6 Å². The maximum absolute atomic E-state index is 12.7. The van der Waals surface area contributed by atoms with Gasteiger partial charge in [-0.25, -0.2) is 14.8 Å². The van der Waals surface area contributed by atoms with Crippen LogP contribution in [0.1, 0.15) is 23.5 Å². The van der Waals surface area contributed by atoms with Gasteiger partial charge in [-0.05, 0) is 19.4 Å². The molecule has 2 aromatic rings. The number of pyridine rings is 1. The summed E-state index contributed by atoms with van der Waals surface area (Å²) in [7, 11) is 0. The molecule has 0 bridgehead atoms. The molecule has 2 fully saturated rings. The summed E-state index contributed by atoms with van der Waals surface area (Å²) in [5.74, 6) is 1.73. The lowest BCUT2D eigenvalue weighted by Crippen LogP contribution is -2.54. The van der Waals surface area contributed by atoms with Crippen molar-refractivity contribution in [1.29, 1.82) is 0 Å². The summed E-state index contributed by atoms with van der Waals surface area (Å²) < 4.78 is 5.68. The van der Waals surface area contributed by atoms with Gasteiger partial charge in [0.2, 0.25) is 0 Å². The van der Waals surface area contributed by atoms with Gasteiger partial charge in [-0.3, -0.25) is 9.88 Å². The van der Waals surface area contributed by atoms with Gasteiger partial charge in [0.25, 0.3) is 0 Å². The number of carbonyl (C=O) groups excluding carboxylic acids is 1. The number of ether oxygens (including phenoxy) is 1. The van der Waals surface area contributed by atoms with E-state index >= 15 is 0 Å². The van der Waals surface area contributed by atoms with Crippen LogP contribution in [0, 0.1) is 6.92 Å². The average molecular weight is 401 g/mol. The van der Waals surface area contributed by atoms with E-state index in [0.717, 1.165) is 41.7 Å². The standard InChI is InChI=1S/C19H21ClN6O2/c1-12-22-17-11-26(10-16(17)18(23-12)24-3-2-4-24)19(27)28-15-8-25(9-15)14-5-13(20)6-21-7-14/h5-7,15H,2-4,8-11H2,1H3. The van der Waals surface area contributed by atoms with E-state index in [9.17, 15) is 4.79 Å². The van der Waals surface area contributed by atoms with Gasteiger partial charge in [-0.2, -0.15) is 0 Å². The molecule has 0 aromatic carbocycles. The van der Waals surface area contributed by atoms with Crippen LogP contribution in [0.2, 0.25) is 5.02 Å². The summed E-state index contributed by atoms with van der Waals surface area (Å²) in [4.78, 5) is 32.0. The van der Waals surface area contributed by atoms with Gasteiger partial charge in [-0.1, -0.05) is 11.6 Å². The van der Waals surface area contributed by atoms with Crippen LogP contribution in [0.4, 0.5) is 16.3 Å². The van der Waals surface area contributed by atoms with Crippen LogP contribution in [0.3, 0.4) is 0 Å². The van der Waals surface area contributed by atoms with Gasteiger partial charge < -0.3 is 14.5 Å². The van der Waals surface area contributed by atoms with Crippen molar-refractivity contribution in [3.63, 3.8) is 0 Å². The SMILES string of the molecule is Cc1nc2c(c(N3CCC3)n1)CN(C(=O)OC1CN(c3cncc(Cl)c3)C1)C2. The van der Waals surface area contributed by atoms with Crippen molar-refractivity contribution in [2.45, 2.75) is 32.5 Å². The monoisotopic (exact) mass is 400 g/mol. The molecule has 2 saturated heterocycles. The third kappa shape index (κ3) is 3.11. The number of rotatable bonds is 3. The molecular weight excluding hydrogens is 380 g/mol. The summed E-state index contributed by atoms with van der Waals surface area (Å²) >= 11 is 5.99. The number of anilines is 2. The zero-order valence-electron chi connectivity index (χ0n) is 15.6. The van der Waals surface area contributed by atoms with Gasteiger partial charge in [-0.15, -0.1) is 0 Å². The second-order valence-electron chi connectivity index (χ2n) is 7.49. The van der Waals surface area contributed by atoms with Gasteiger partial charge in [0.05, 0.1) is 48.8 Å². The van der Waals surface area contributed by atoms with E-state index in [-0.39, 0.29) is 12.2 Å². The number of halogens is 1. The van der Waals surface area contributed by atoms with Crippen LogP contribution in [-0.2, 0) is 17.8 Å². The Balaban J connectivity index is 1.20. The molecule has 0 aliphatic carbocycles. The summed E-state index contributed by atoms with van der Waals surface area (Å²) in [5.41, 5.74) is 2.94. The molecule has 0 N–H and O–H groups in total. The molecule has 0 radical (unpaired) electrons. The highest BCUT2D eigenvalue weighted by Gasteiger charge is 2.36. The predicted molar refractivity (Wildman–Crippen MR) is 105 cm³/mol. The molecule has 3 aliphatic rings. The Morgan fingerprint density at radius 1 is 1.18 bits per heavy atom. The third-order valence-electron chi connectivity index (χ3n) is 5.46. The minimum absolute atomic E-state index is 0.127. The smallest absolute Gasteiger partial charge is 0.410 e. The zero-order chi connectivity index (χ0) is 19.3. The molecular formula is C19H21ClN6O2. The Kier molecular flexibility index (Phi) is 4.23. The molecule has 3 aliphatic heterocycles. The molecule has 8 nitrogen and oxygen atoms in total. The molecule has 28 heavy (non-hydrogen) atoms. The Bertz CT molecular complexity index is 929. The molecule has 146 valence electrons. The largest absolute Gasteiger partial charge is 0.442 e. The molecule has 1 amide bonds. The second-order valence-corrected chi connectivity index (χ2v) is 7.92. The summed E-state index contributed by atoms with van der Waals surface area (Å²) in [6, 6.07) is 1.86. The number of aromatic nitrogens is 3. The number of carbonyl (C=O) groups is 1. The summed E-state index contributed by atoms with van der Waals surface area (Å²) in [5, 5.41) is 0.599. The van der Waals surface area contributed by atoms with Crippen LogP contribution in [0.15, 0.2) is 18.5 Å². The van der Waals surface area contributed by atoms with Gasteiger partial charge in [0, 0.05) is 24.8 Å². The maximum Gasteiger partial charge on any atom is 0.410 e. The normalized spacial score (nSPS) is 18.6. The average Bonchev–Trinajstić information content (AvgIpc) is 3.00. The molecule has 2 aromatic heterocycles. The molecule has 5 rings (SSSR count). The minimum Gasteiger partial charge on any atom is -0.442 e. The van der Waals surface area contributed by atoms with E-state index in [1.54, 1.807) is 17.3 Å². The van der Waals surface area contributed by atoms with E-state index in [1.165, 1.54) is 6.42 Å². The van der Waals surface area contributed by atoms with Crippen LogP contribution in [-0.4, -0.2) is 58.2 Å². The van der Waals surface area contributed by atoms with E-state index in [4.69, 9.17) is 16.3 Å². The predicted octanol–water partition coefficient (Wildman–Crippen LogP) is 2.38. The van der Waals surface area contributed by atoms with E-state index in [0.29, 0.717) is 31.2 Å². The highest BCUT2D eigenvalue weighted by Crippen LogP contribution is 2.32. The zero-order valence-corrected chi connectivity index (χ0v) is 16.4. The third-order valence-corrected chi connectivity index (χ3v) is 5.66. The van der Waals surface area contributed by atoms with Crippen molar-refractivity contribution >= 4 is 29.2 Å². The first-order valence-electron chi connectivity index (χ1n) is 9.49. The quantitative estimate of drug-likeness (QED) is 0.783. The Morgan fingerprint density at radius 3 is 2.71 bits per heavy atom. The van der Waals surface area contributed by atoms with Crippen molar-refractivity contribution in [2.75, 3.05) is 36.0 Å². The maximum atomic E-state index is 12.7. The van der Waals surface area contributed by atoms with E-state index < -0.39 is 0 Å². The Hall–Kier alpha value is -2.61. The van der Waals surface area contributed by atoms with Crippen LogP contribution < -0.4 is 9.80 Å². The Morgan fingerprint density at radius 2 is 2.00 bits per heavy atom. The summed E-state index contributed by atoms with van der Waals surface area (Å²) in [6.07, 6.45) is 4.13. The fourth-order valence-electron chi connectivity index (χ4n) is 3.79. The first kappa shape index (κ1) is 17.5. The number of hydrogen-bond acceptors (Lipinski definition) is 7. The first-order valence-corrected chi connectivity index (χ1v) is 9.87. The minimum atomic E-state index is -0.293. The number of amides is 1. The number of hydrogen-bond donors (Lipinski definition) is 0. The molecule has 9 heteroatoms. The lowest BCUT2D eigenvalue weighted by Gasteiger charge is -2.40. The van der Waals surface area contributed by atoms with Crippen LogP contribution in [0.5, 0.6) is 0 Å². The van der Waals surface area contributed by atoms with Crippen molar-refractivity contribution < 1.29 is 9.53 Å². The second kappa shape index (κ2) is 6.77. The molecule has 0 saturated carbocycles. The molecule has 5 heterocycles. The van der Waals surface area contributed by atoms with E-state index in [1.807, 2.05) is 13.0 Å². The van der Waals surface area contributed by atoms with Crippen LogP contribution >= 0.6 is 11.6 Å². The lowest BCUT2D eigenvalue weighted by atomic mass is 10.1. The Labute approximate surface area is 168 Å². The van der Waals surface area contributed by atoms with Gasteiger partial charge in [0.1, 0.15) is 17.7 Å². The lowest BCUT2D eigenvalue weighted by molar-refractivity contribution is 0.0490. The van der Waals surface area contributed by atoms with Gasteiger partial charge >= 0.3 is 6.09 Å².